The zero-order valence-electron chi connectivity index (χ0n) is 7.55. The van der Waals surface area contributed by atoms with Crippen molar-refractivity contribution in [3.8, 4) is 0 Å². The second-order valence-electron chi connectivity index (χ2n) is 2.73. The molecule has 0 saturated carbocycles. The second-order valence-corrected chi connectivity index (χ2v) is 2.73. The number of benzene rings is 1. The third-order valence-corrected chi connectivity index (χ3v) is 1.74. The molecule has 0 aliphatic carbocycles. The van der Waals surface area contributed by atoms with Crippen LogP contribution in [0.15, 0.2) is 24.3 Å². The van der Waals surface area contributed by atoms with Gasteiger partial charge in [0.15, 0.2) is 0 Å². The van der Waals surface area contributed by atoms with Crippen LogP contribution in [0.25, 0.3) is 6.08 Å². The van der Waals surface area contributed by atoms with E-state index in [1.807, 2.05) is 19.1 Å². The van der Waals surface area contributed by atoms with E-state index in [1.165, 1.54) is 18.3 Å². The van der Waals surface area contributed by atoms with Gasteiger partial charge in [0.05, 0.1) is 0 Å². The van der Waals surface area contributed by atoms with Crippen LogP contribution in [0.2, 0.25) is 0 Å². The molecule has 0 aliphatic rings. The fourth-order valence-electron chi connectivity index (χ4n) is 1.07. The largest absolute Gasteiger partial charge is 0.308 e. The van der Waals surface area contributed by atoms with Crippen LogP contribution in [0.1, 0.15) is 24.5 Å². The molecule has 0 aromatic heterocycles. The molecule has 0 radical (unpaired) electrons. The molecule has 0 fully saturated rings. The number of rotatable bonds is 3. The lowest BCUT2D eigenvalue weighted by Crippen LogP contribution is -1.87. The molecule has 1 rings (SSSR count). The molecule has 0 heterocycles. The van der Waals surface area contributed by atoms with Crippen LogP contribution in [-0.2, 0) is 0 Å². The van der Waals surface area contributed by atoms with Gasteiger partial charge < -0.3 is 5.41 Å². The molecule has 1 N–H and O–H groups in total. The van der Waals surface area contributed by atoms with Crippen molar-refractivity contribution >= 4 is 12.3 Å². The average Bonchev–Trinajstić information content (AvgIpc) is 2.15. The van der Waals surface area contributed by atoms with Crippen LogP contribution in [0, 0.1) is 11.2 Å². The molecule has 0 spiro atoms. The maximum atomic E-state index is 12.8. The minimum absolute atomic E-state index is 0.263. The van der Waals surface area contributed by atoms with E-state index in [9.17, 15) is 4.39 Å². The Bertz CT molecular complexity index is 329. The van der Waals surface area contributed by atoms with Gasteiger partial charge in [-0.1, -0.05) is 19.1 Å². The number of allylic oxidation sites excluding steroid dienone is 1. The van der Waals surface area contributed by atoms with E-state index in [-0.39, 0.29) is 5.82 Å². The Kier molecular flexibility index (Phi) is 3.38. The molecule has 2 heteroatoms. The van der Waals surface area contributed by atoms with Crippen LogP contribution < -0.4 is 0 Å². The van der Waals surface area contributed by atoms with E-state index in [4.69, 9.17) is 5.41 Å². The Balaban J connectivity index is 3.08. The fraction of sp³-hybridized carbons (Fsp3) is 0.182. The predicted molar refractivity (Wildman–Crippen MR) is 53.6 cm³/mol. The zero-order valence-corrected chi connectivity index (χ0v) is 7.55. The van der Waals surface area contributed by atoms with Crippen molar-refractivity contribution in [2.75, 3.05) is 0 Å². The van der Waals surface area contributed by atoms with Gasteiger partial charge in [0.25, 0.3) is 0 Å². The molecule has 0 bridgehead atoms. The molecule has 0 amide bonds. The first-order valence-electron chi connectivity index (χ1n) is 4.24. The van der Waals surface area contributed by atoms with Crippen LogP contribution in [0.4, 0.5) is 4.39 Å². The van der Waals surface area contributed by atoms with Crippen LogP contribution in [0.5, 0.6) is 0 Å². The Morgan fingerprint density at radius 2 is 2.15 bits per heavy atom. The highest BCUT2D eigenvalue weighted by atomic mass is 19.1. The first-order valence-corrected chi connectivity index (χ1v) is 4.24. The molecule has 1 aromatic carbocycles. The summed E-state index contributed by atoms with van der Waals surface area (Å²) in [4.78, 5) is 0. The third-order valence-electron chi connectivity index (χ3n) is 1.74. The van der Waals surface area contributed by atoms with Gasteiger partial charge in [0.1, 0.15) is 5.82 Å². The van der Waals surface area contributed by atoms with Crippen molar-refractivity contribution in [3.63, 3.8) is 0 Å². The van der Waals surface area contributed by atoms with Crippen LogP contribution in [-0.4, -0.2) is 6.21 Å². The molecular weight excluding hydrogens is 165 g/mol. The van der Waals surface area contributed by atoms with E-state index >= 15 is 0 Å². The fourth-order valence-corrected chi connectivity index (χ4v) is 1.07. The van der Waals surface area contributed by atoms with Crippen molar-refractivity contribution in [1.29, 1.82) is 5.41 Å². The lowest BCUT2D eigenvalue weighted by molar-refractivity contribution is 0.627. The number of halogens is 1. The molecule has 13 heavy (non-hydrogen) atoms. The van der Waals surface area contributed by atoms with E-state index in [2.05, 4.69) is 0 Å². The van der Waals surface area contributed by atoms with Gasteiger partial charge in [-0.15, -0.1) is 0 Å². The summed E-state index contributed by atoms with van der Waals surface area (Å²) >= 11 is 0. The highest BCUT2D eigenvalue weighted by Gasteiger charge is 1.97. The highest BCUT2D eigenvalue weighted by Crippen LogP contribution is 2.11. The lowest BCUT2D eigenvalue weighted by Gasteiger charge is -1.99. The van der Waals surface area contributed by atoms with Crippen molar-refractivity contribution in [1.82, 2.24) is 0 Å². The summed E-state index contributed by atoms with van der Waals surface area (Å²) < 4.78 is 12.8. The molecule has 0 unspecified atom stereocenters. The standard InChI is InChI=1S/C11H12FN/c1-2-3-4-9-7-11(12)6-5-10(9)8-13/h3-8,13H,2H2,1H3/b4-3-,13-8?. The summed E-state index contributed by atoms with van der Waals surface area (Å²) in [5, 5.41) is 7.11. The van der Waals surface area contributed by atoms with Gasteiger partial charge in [0, 0.05) is 6.21 Å². The molecule has 0 aliphatic heterocycles. The van der Waals surface area contributed by atoms with Crippen LogP contribution >= 0.6 is 0 Å². The van der Waals surface area contributed by atoms with Crippen molar-refractivity contribution in [2.24, 2.45) is 0 Å². The van der Waals surface area contributed by atoms with Crippen molar-refractivity contribution in [3.05, 3.63) is 41.2 Å². The molecule has 0 atom stereocenters. The van der Waals surface area contributed by atoms with Crippen molar-refractivity contribution < 1.29 is 4.39 Å². The van der Waals surface area contributed by atoms with E-state index in [1.54, 1.807) is 6.07 Å². The average molecular weight is 177 g/mol. The molecule has 68 valence electrons. The topological polar surface area (TPSA) is 23.9 Å². The summed E-state index contributed by atoms with van der Waals surface area (Å²) in [6.07, 6.45) is 5.92. The SMILES string of the molecule is CC/C=C\c1cc(F)ccc1C=N. The van der Waals surface area contributed by atoms with E-state index < -0.39 is 0 Å². The molecule has 0 saturated heterocycles. The molecular formula is C11H12FN. The summed E-state index contributed by atoms with van der Waals surface area (Å²) in [5.41, 5.74) is 1.50. The minimum Gasteiger partial charge on any atom is -0.308 e. The summed E-state index contributed by atoms with van der Waals surface area (Å²) in [6.45, 7) is 2.01. The molecule has 1 nitrogen and oxygen atoms in total. The smallest absolute Gasteiger partial charge is 0.123 e. The third kappa shape index (κ3) is 2.51. The number of hydrogen-bond donors (Lipinski definition) is 1. The van der Waals surface area contributed by atoms with Gasteiger partial charge in [0.2, 0.25) is 0 Å². The predicted octanol–water partition coefficient (Wildman–Crippen LogP) is 3.25. The van der Waals surface area contributed by atoms with Gasteiger partial charge in [-0.3, -0.25) is 0 Å². The van der Waals surface area contributed by atoms with Gasteiger partial charge in [-0.05, 0) is 35.7 Å². The van der Waals surface area contributed by atoms with E-state index in [0.717, 1.165) is 17.5 Å². The van der Waals surface area contributed by atoms with Gasteiger partial charge in [-0.2, -0.15) is 0 Å². The summed E-state index contributed by atoms with van der Waals surface area (Å²) in [7, 11) is 0. The van der Waals surface area contributed by atoms with Crippen LogP contribution in [0.3, 0.4) is 0 Å². The second kappa shape index (κ2) is 4.55. The summed E-state index contributed by atoms with van der Waals surface area (Å²) in [6, 6.07) is 4.41. The minimum atomic E-state index is -0.263. The Labute approximate surface area is 77.4 Å². The van der Waals surface area contributed by atoms with E-state index in [0.29, 0.717) is 0 Å². The van der Waals surface area contributed by atoms with Gasteiger partial charge >= 0.3 is 0 Å². The van der Waals surface area contributed by atoms with Crippen molar-refractivity contribution in [2.45, 2.75) is 13.3 Å². The zero-order chi connectivity index (χ0) is 9.68. The maximum absolute atomic E-state index is 12.8. The highest BCUT2D eigenvalue weighted by molar-refractivity contribution is 5.83. The monoisotopic (exact) mass is 177 g/mol. The Morgan fingerprint density at radius 3 is 2.77 bits per heavy atom. The normalized spacial score (nSPS) is 10.6. The maximum Gasteiger partial charge on any atom is 0.123 e. The number of hydrogen-bond acceptors (Lipinski definition) is 1. The number of nitrogens with one attached hydrogen (secondary N) is 1. The summed E-state index contributed by atoms with van der Waals surface area (Å²) in [5.74, 6) is -0.263. The quantitative estimate of drug-likeness (QED) is 0.685. The lowest BCUT2D eigenvalue weighted by atomic mass is 10.1. The first kappa shape index (κ1) is 9.65. The molecule has 1 aromatic rings. The Morgan fingerprint density at radius 1 is 1.38 bits per heavy atom. The Hall–Kier alpha value is -1.44. The first-order chi connectivity index (χ1) is 6.27. The van der Waals surface area contributed by atoms with Gasteiger partial charge in [-0.25, -0.2) is 4.39 Å².